The zero-order valence-corrected chi connectivity index (χ0v) is 12.1. The minimum atomic E-state index is -0.0426. The Labute approximate surface area is 124 Å². The first-order valence-electron chi connectivity index (χ1n) is 6.86. The zero-order valence-electron chi connectivity index (χ0n) is 11.3. The van der Waals surface area contributed by atoms with Gasteiger partial charge in [0.05, 0.1) is 6.61 Å². The summed E-state index contributed by atoms with van der Waals surface area (Å²) >= 11 is 6.07. The summed E-state index contributed by atoms with van der Waals surface area (Å²) in [5.41, 5.74) is 8.48. The monoisotopic (exact) mass is 287 g/mol. The molecule has 2 nitrogen and oxygen atoms in total. The Morgan fingerprint density at radius 2 is 2.00 bits per heavy atom. The average molecular weight is 288 g/mol. The van der Waals surface area contributed by atoms with Crippen LogP contribution in [0, 0.1) is 5.41 Å². The lowest BCUT2D eigenvalue weighted by Crippen LogP contribution is -2.43. The lowest BCUT2D eigenvalue weighted by Gasteiger charge is -2.37. The summed E-state index contributed by atoms with van der Waals surface area (Å²) in [6, 6.07) is 16.2. The van der Waals surface area contributed by atoms with Crippen LogP contribution in [0.1, 0.15) is 11.1 Å². The van der Waals surface area contributed by atoms with E-state index in [-0.39, 0.29) is 5.41 Å². The molecule has 0 saturated carbocycles. The van der Waals surface area contributed by atoms with Crippen LogP contribution in [0.5, 0.6) is 5.75 Å². The second-order valence-electron chi connectivity index (χ2n) is 5.58. The Hall–Kier alpha value is -1.51. The third-order valence-electron chi connectivity index (χ3n) is 3.97. The van der Waals surface area contributed by atoms with Crippen molar-refractivity contribution < 1.29 is 4.74 Å². The molecule has 2 aromatic carbocycles. The molecule has 0 fully saturated rings. The molecule has 1 aliphatic heterocycles. The highest BCUT2D eigenvalue weighted by Crippen LogP contribution is 2.36. The van der Waals surface area contributed by atoms with Crippen molar-refractivity contribution >= 4 is 11.6 Å². The van der Waals surface area contributed by atoms with Crippen LogP contribution in [-0.4, -0.2) is 13.2 Å². The minimum absolute atomic E-state index is 0.0426. The van der Waals surface area contributed by atoms with Crippen molar-refractivity contribution in [3.8, 4) is 5.75 Å². The van der Waals surface area contributed by atoms with Gasteiger partial charge in [-0.15, -0.1) is 0 Å². The summed E-state index contributed by atoms with van der Waals surface area (Å²) in [6.45, 7) is 1.26. The number of benzene rings is 2. The van der Waals surface area contributed by atoms with E-state index < -0.39 is 0 Å². The van der Waals surface area contributed by atoms with Gasteiger partial charge in [-0.1, -0.05) is 41.9 Å². The van der Waals surface area contributed by atoms with Crippen LogP contribution in [0.4, 0.5) is 0 Å². The van der Waals surface area contributed by atoms with E-state index >= 15 is 0 Å². The lowest BCUT2D eigenvalue weighted by atomic mass is 9.76. The summed E-state index contributed by atoms with van der Waals surface area (Å²) in [7, 11) is 0. The molecule has 3 heteroatoms. The first-order valence-corrected chi connectivity index (χ1v) is 7.24. The molecule has 0 spiro atoms. The summed E-state index contributed by atoms with van der Waals surface area (Å²) in [6.07, 6.45) is 1.84. The molecule has 1 atom stereocenters. The average Bonchev–Trinajstić information content (AvgIpc) is 2.47. The van der Waals surface area contributed by atoms with Crippen LogP contribution in [0.15, 0.2) is 48.5 Å². The Kier molecular flexibility index (Phi) is 3.68. The zero-order chi connectivity index (χ0) is 14.0. The molecule has 0 bridgehead atoms. The molecule has 0 aromatic heterocycles. The Balaban J connectivity index is 1.86. The fraction of sp³-hybridized carbons (Fsp3) is 0.294. The maximum Gasteiger partial charge on any atom is 0.122 e. The van der Waals surface area contributed by atoms with Crippen molar-refractivity contribution in [1.82, 2.24) is 0 Å². The largest absolute Gasteiger partial charge is 0.493 e. The van der Waals surface area contributed by atoms with Gasteiger partial charge in [0.15, 0.2) is 0 Å². The van der Waals surface area contributed by atoms with Gasteiger partial charge in [0, 0.05) is 17.0 Å². The number of halogens is 1. The number of rotatable bonds is 3. The first-order chi connectivity index (χ1) is 9.71. The number of para-hydroxylation sites is 1. The minimum Gasteiger partial charge on any atom is -0.493 e. The van der Waals surface area contributed by atoms with E-state index in [4.69, 9.17) is 22.1 Å². The molecule has 0 aliphatic carbocycles. The summed E-state index contributed by atoms with van der Waals surface area (Å²) in [5, 5.41) is 0.770. The maximum atomic E-state index is 6.07. The molecule has 2 aromatic rings. The smallest absolute Gasteiger partial charge is 0.122 e. The number of hydrogen-bond acceptors (Lipinski definition) is 2. The molecular weight excluding hydrogens is 270 g/mol. The Morgan fingerprint density at radius 3 is 2.80 bits per heavy atom. The molecule has 104 valence electrons. The molecule has 0 saturated heterocycles. The van der Waals surface area contributed by atoms with Crippen molar-refractivity contribution in [1.29, 1.82) is 0 Å². The van der Waals surface area contributed by atoms with Crippen LogP contribution in [-0.2, 0) is 12.8 Å². The summed E-state index contributed by atoms with van der Waals surface area (Å²) in [4.78, 5) is 0. The van der Waals surface area contributed by atoms with E-state index in [0.29, 0.717) is 13.2 Å². The van der Waals surface area contributed by atoms with Gasteiger partial charge in [-0.05, 0) is 42.2 Å². The van der Waals surface area contributed by atoms with E-state index in [1.165, 1.54) is 11.1 Å². The van der Waals surface area contributed by atoms with Crippen molar-refractivity contribution in [2.75, 3.05) is 13.2 Å². The lowest BCUT2D eigenvalue weighted by molar-refractivity contribution is 0.126. The highest BCUT2D eigenvalue weighted by atomic mass is 35.5. The van der Waals surface area contributed by atoms with Crippen LogP contribution < -0.4 is 10.5 Å². The van der Waals surface area contributed by atoms with Crippen LogP contribution in [0.3, 0.4) is 0 Å². The SMILES string of the molecule is NCC1(Cc2cccc(Cl)c2)COc2ccccc2C1. The van der Waals surface area contributed by atoms with E-state index in [9.17, 15) is 0 Å². The molecule has 0 radical (unpaired) electrons. The van der Waals surface area contributed by atoms with E-state index in [1.54, 1.807) is 0 Å². The van der Waals surface area contributed by atoms with E-state index in [2.05, 4.69) is 12.1 Å². The Morgan fingerprint density at radius 1 is 1.15 bits per heavy atom. The van der Waals surface area contributed by atoms with Crippen LogP contribution >= 0.6 is 11.6 Å². The van der Waals surface area contributed by atoms with Crippen molar-refractivity contribution in [3.05, 3.63) is 64.7 Å². The van der Waals surface area contributed by atoms with Gasteiger partial charge in [0.25, 0.3) is 0 Å². The van der Waals surface area contributed by atoms with Gasteiger partial charge in [-0.3, -0.25) is 0 Å². The quantitative estimate of drug-likeness (QED) is 0.938. The first kappa shape index (κ1) is 13.5. The molecule has 1 unspecified atom stereocenters. The fourth-order valence-electron chi connectivity index (χ4n) is 2.87. The molecule has 0 amide bonds. The third-order valence-corrected chi connectivity index (χ3v) is 4.21. The van der Waals surface area contributed by atoms with Gasteiger partial charge in [0.1, 0.15) is 5.75 Å². The topological polar surface area (TPSA) is 35.2 Å². The molecule has 20 heavy (non-hydrogen) atoms. The van der Waals surface area contributed by atoms with Crippen molar-refractivity contribution in [3.63, 3.8) is 0 Å². The summed E-state index contributed by atoms with van der Waals surface area (Å²) < 4.78 is 5.92. The van der Waals surface area contributed by atoms with Crippen molar-refractivity contribution in [2.45, 2.75) is 12.8 Å². The van der Waals surface area contributed by atoms with Gasteiger partial charge in [-0.2, -0.15) is 0 Å². The predicted octanol–water partition coefficient (Wildman–Crippen LogP) is 3.46. The van der Waals surface area contributed by atoms with Crippen molar-refractivity contribution in [2.24, 2.45) is 11.1 Å². The standard InChI is InChI=1S/C17H18ClNO/c18-15-6-3-4-13(8-15)9-17(11-19)10-14-5-1-2-7-16(14)20-12-17/h1-8H,9-12,19H2. The van der Waals surface area contributed by atoms with Crippen LogP contribution in [0.2, 0.25) is 5.02 Å². The second-order valence-corrected chi connectivity index (χ2v) is 6.02. The van der Waals surface area contributed by atoms with Gasteiger partial charge >= 0.3 is 0 Å². The molecule has 3 rings (SSSR count). The molecule has 1 heterocycles. The summed E-state index contributed by atoms with van der Waals surface area (Å²) in [5.74, 6) is 0.989. The van der Waals surface area contributed by atoms with Gasteiger partial charge in [0.2, 0.25) is 0 Å². The second kappa shape index (κ2) is 5.47. The normalized spacial score (nSPS) is 21.1. The highest BCUT2D eigenvalue weighted by Gasteiger charge is 2.34. The number of ether oxygens (including phenoxy) is 1. The predicted molar refractivity (Wildman–Crippen MR) is 82.3 cm³/mol. The molecular formula is C17H18ClNO. The third kappa shape index (κ3) is 2.67. The number of fused-ring (bicyclic) bond motifs is 1. The fourth-order valence-corrected chi connectivity index (χ4v) is 3.09. The number of hydrogen-bond donors (Lipinski definition) is 1. The highest BCUT2D eigenvalue weighted by molar-refractivity contribution is 6.30. The number of nitrogens with two attached hydrogens (primary N) is 1. The van der Waals surface area contributed by atoms with Gasteiger partial charge < -0.3 is 10.5 Å². The van der Waals surface area contributed by atoms with Crippen LogP contribution in [0.25, 0.3) is 0 Å². The molecule has 2 N–H and O–H groups in total. The molecule has 1 aliphatic rings. The van der Waals surface area contributed by atoms with Gasteiger partial charge in [-0.25, -0.2) is 0 Å². The Bertz CT molecular complexity index is 613. The van der Waals surface area contributed by atoms with E-state index in [1.807, 2.05) is 36.4 Å². The van der Waals surface area contributed by atoms with E-state index in [0.717, 1.165) is 23.6 Å². The maximum absolute atomic E-state index is 6.07.